The van der Waals surface area contributed by atoms with Crippen molar-refractivity contribution in [3.63, 3.8) is 0 Å². The molecule has 0 fully saturated rings. The van der Waals surface area contributed by atoms with E-state index in [0.29, 0.717) is 6.54 Å². The summed E-state index contributed by atoms with van der Waals surface area (Å²) in [6.07, 6.45) is 1.66. The van der Waals surface area contributed by atoms with Crippen LogP contribution < -0.4 is 5.32 Å². The summed E-state index contributed by atoms with van der Waals surface area (Å²) >= 11 is 0. The molecule has 3 N–H and O–H groups in total. The number of aliphatic hydroxyl groups excluding tert-OH is 2. The zero-order valence-electron chi connectivity index (χ0n) is 8.28. The van der Waals surface area contributed by atoms with Crippen LogP contribution in [0.25, 0.3) is 0 Å². The first-order valence-electron chi connectivity index (χ1n) is 4.57. The molecule has 0 spiro atoms. The van der Waals surface area contributed by atoms with Crippen molar-refractivity contribution in [1.29, 1.82) is 0 Å². The molecule has 14 heavy (non-hydrogen) atoms. The molecule has 0 saturated carbocycles. The monoisotopic (exact) mass is 202 g/mol. The summed E-state index contributed by atoms with van der Waals surface area (Å²) in [7, 11) is 0. The van der Waals surface area contributed by atoms with Crippen LogP contribution in [0.4, 0.5) is 0 Å². The molecule has 5 heteroatoms. The van der Waals surface area contributed by atoms with Gasteiger partial charge in [-0.3, -0.25) is 4.79 Å². The average Bonchev–Trinajstić information content (AvgIpc) is 2.18. The molecule has 0 bridgehead atoms. The Morgan fingerprint density at radius 3 is 2.36 bits per heavy atom. The molecule has 82 valence electrons. The third kappa shape index (κ3) is 5.69. The van der Waals surface area contributed by atoms with Gasteiger partial charge in [0.25, 0.3) is 0 Å². The van der Waals surface area contributed by atoms with E-state index in [0.717, 1.165) is 0 Å². The van der Waals surface area contributed by atoms with Crippen LogP contribution >= 0.6 is 0 Å². The van der Waals surface area contributed by atoms with Crippen molar-refractivity contribution in [3.05, 3.63) is 12.7 Å². The Balaban J connectivity index is 3.81. The summed E-state index contributed by atoms with van der Waals surface area (Å²) in [5.41, 5.74) is 0. The second kappa shape index (κ2) is 8.68. The van der Waals surface area contributed by atoms with Gasteiger partial charge in [0.15, 0.2) is 0 Å². The van der Waals surface area contributed by atoms with Gasteiger partial charge in [0.2, 0.25) is 5.91 Å². The largest absolute Gasteiger partial charge is 0.395 e. The smallest absolute Gasteiger partial charge is 0.236 e. The molecule has 0 aliphatic rings. The van der Waals surface area contributed by atoms with Gasteiger partial charge in [-0.05, 0) is 0 Å². The van der Waals surface area contributed by atoms with Crippen LogP contribution in [-0.4, -0.2) is 60.4 Å². The van der Waals surface area contributed by atoms with Crippen molar-refractivity contribution in [2.75, 3.05) is 39.4 Å². The highest BCUT2D eigenvalue weighted by molar-refractivity contribution is 5.78. The Morgan fingerprint density at radius 1 is 1.36 bits per heavy atom. The number of carbonyl (C=O) groups is 1. The Hall–Kier alpha value is -0.910. The van der Waals surface area contributed by atoms with Gasteiger partial charge in [0.1, 0.15) is 0 Å². The Kier molecular flexibility index (Phi) is 8.11. The number of aliphatic hydroxyl groups is 2. The fraction of sp³-hybridized carbons (Fsp3) is 0.667. The molecule has 0 aromatic heterocycles. The van der Waals surface area contributed by atoms with E-state index in [4.69, 9.17) is 10.2 Å². The predicted molar refractivity (Wildman–Crippen MR) is 53.8 cm³/mol. The Bertz CT molecular complexity index is 167. The third-order valence-electron chi connectivity index (χ3n) is 1.66. The number of nitrogens with one attached hydrogen (secondary N) is 1. The molecule has 0 saturated heterocycles. The van der Waals surface area contributed by atoms with Crippen molar-refractivity contribution in [1.82, 2.24) is 10.2 Å². The van der Waals surface area contributed by atoms with E-state index in [2.05, 4.69) is 11.9 Å². The standard InChI is InChI=1S/C9H18N2O3/c1-2-3-10-8-9(14)11(4-6-12)5-7-13/h2,10,12-13H,1,3-8H2. The van der Waals surface area contributed by atoms with Crippen molar-refractivity contribution in [2.45, 2.75) is 0 Å². The second-order valence-electron chi connectivity index (χ2n) is 2.75. The van der Waals surface area contributed by atoms with E-state index in [1.165, 1.54) is 4.90 Å². The number of hydrogen-bond donors (Lipinski definition) is 3. The molecule has 0 heterocycles. The molecule has 0 aromatic carbocycles. The van der Waals surface area contributed by atoms with Crippen LogP contribution in [0.3, 0.4) is 0 Å². The number of nitrogens with zero attached hydrogens (tertiary/aromatic N) is 1. The van der Waals surface area contributed by atoms with Gasteiger partial charge in [-0.2, -0.15) is 0 Å². The molecule has 0 aliphatic heterocycles. The highest BCUT2D eigenvalue weighted by atomic mass is 16.3. The molecule has 0 atom stereocenters. The number of rotatable bonds is 8. The number of amides is 1. The summed E-state index contributed by atoms with van der Waals surface area (Å²) in [4.78, 5) is 12.8. The summed E-state index contributed by atoms with van der Waals surface area (Å²) < 4.78 is 0. The minimum absolute atomic E-state index is 0.0901. The summed E-state index contributed by atoms with van der Waals surface area (Å²) in [6.45, 7) is 4.61. The SMILES string of the molecule is C=CCNCC(=O)N(CCO)CCO. The van der Waals surface area contributed by atoms with Crippen LogP contribution in [0.15, 0.2) is 12.7 Å². The first-order chi connectivity index (χ1) is 6.76. The first kappa shape index (κ1) is 13.1. The van der Waals surface area contributed by atoms with Crippen LogP contribution in [0, 0.1) is 0 Å². The second-order valence-corrected chi connectivity index (χ2v) is 2.75. The molecule has 0 radical (unpaired) electrons. The zero-order chi connectivity index (χ0) is 10.8. The van der Waals surface area contributed by atoms with E-state index < -0.39 is 0 Å². The number of hydrogen-bond acceptors (Lipinski definition) is 4. The van der Waals surface area contributed by atoms with Crippen molar-refractivity contribution in [2.24, 2.45) is 0 Å². The lowest BCUT2D eigenvalue weighted by Crippen LogP contribution is -2.41. The van der Waals surface area contributed by atoms with Crippen LogP contribution in [0.1, 0.15) is 0 Å². The van der Waals surface area contributed by atoms with E-state index in [9.17, 15) is 4.79 Å². The molecule has 1 amide bonds. The van der Waals surface area contributed by atoms with Crippen molar-refractivity contribution >= 4 is 5.91 Å². The third-order valence-corrected chi connectivity index (χ3v) is 1.66. The van der Waals surface area contributed by atoms with Crippen molar-refractivity contribution < 1.29 is 15.0 Å². The molecular formula is C9H18N2O3. The maximum absolute atomic E-state index is 11.4. The normalized spacial score (nSPS) is 9.86. The summed E-state index contributed by atoms with van der Waals surface area (Å²) in [5.74, 6) is -0.130. The lowest BCUT2D eigenvalue weighted by atomic mass is 10.4. The van der Waals surface area contributed by atoms with Gasteiger partial charge >= 0.3 is 0 Å². The summed E-state index contributed by atoms with van der Waals surface area (Å²) in [5, 5.41) is 20.2. The summed E-state index contributed by atoms with van der Waals surface area (Å²) in [6, 6.07) is 0. The van der Waals surface area contributed by atoms with Crippen LogP contribution in [0.5, 0.6) is 0 Å². The highest BCUT2D eigenvalue weighted by Gasteiger charge is 2.10. The van der Waals surface area contributed by atoms with Gasteiger partial charge < -0.3 is 20.4 Å². The van der Waals surface area contributed by atoms with E-state index in [1.807, 2.05) is 0 Å². The Morgan fingerprint density at radius 2 is 1.93 bits per heavy atom. The zero-order valence-corrected chi connectivity index (χ0v) is 8.28. The van der Waals surface area contributed by atoms with Gasteiger partial charge in [0, 0.05) is 19.6 Å². The predicted octanol–water partition coefficient (Wildman–Crippen LogP) is -1.42. The van der Waals surface area contributed by atoms with E-state index in [-0.39, 0.29) is 38.8 Å². The van der Waals surface area contributed by atoms with Crippen LogP contribution in [0.2, 0.25) is 0 Å². The van der Waals surface area contributed by atoms with E-state index >= 15 is 0 Å². The fourth-order valence-corrected chi connectivity index (χ4v) is 0.996. The highest BCUT2D eigenvalue weighted by Crippen LogP contribution is 1.87. The minimum atomic E-state index is -0.130. The Labute approximate surface area is 84.0 Å². The fourth-order valence-electron chi connectivity index (χ4n) is 0.996. The molecule has 0 aromatic rings. The minimum Gasteiger partial charge on any atom is -0.395 e. The van der Waals surface area contributed by atoms with Gasteiger partial charge in [-0.25, -0.2) is 0 Å². The molecule has 0 rings (SSSR count). The van der Waals surface area contributed by atoms with Gasteiger partial charge in [-0.15, -0.1) is 6.58 Å². The lowest BCUT2D eigenvalue weighted by molar-refractivity contribution is -0.131. The van der Waals surface area contributed by atoms with Crippen LogP contribution in [-0.2, 0) is 4.79 Å². The molecule has 0 unspecified atom stereocenters. The van der Waals surface area contributed by atoms with Gasteiger partial charge in [0.05, 0.1) is 19.8 Å². The lowest BCUT2D eigenvalue weighted by Gasteiger charge is -2.20. The van der Waals surface area contributed by atoms with E-state index in [1.54, 1.807) is 6.08 Å². The van der Waals surface area contributed by atoms with Crippen molar-refractivity contribution in [3.8, 4) is 0 Å². The molecular weight excluding hydrogens is 184 g/mol. The molecule has 0 aliphatic carbocycles. The maximum atomic E-state index is 11.4. The topological polar surface area (TPSA) is 72.8 Å². The average molecular weight is 202 g/mol. The number of carbonyl (C=O) groups excluding carboxylic acids is 1. The quantitative estimate of drug-likeness (QED) is 0.333. The first-order valence-corrected chi connectivity index (χ1v) is 4.57. The maximum Gasteiger partial charge on any atom is 0.236 e. The molecule has 5 nitrogen and oxygen atoms in total. The van der Waals surface area contributed by atoms with Gasteiger partial charge in [-0.1, -0.05) is 6.08 Å².